The molecule has 0 aliphatic heterocycles. The van der Waals surface area contributed by atoms with E-state index in [0.717, 1.165) is 11.3 Å². The predicted molar refractivity (Wildman–Crippen MR) is 93.6 cm³/mol. The molecule has 0 amide bonds. The van der Waals surface area contributed by atoms with Crippen molar-refractivity contribution in [3.63, 3.8) is 0 Å². The van der Waals surface area contributed by atoms with Crippen LogP contribution < -0.4 is 10.3 Å². The molecule has 25 heavy (non-hydrogen) atoms. The Hall–Kier alpha value is -2.07. The van der Waals surface area contributed by atoms with Crippen molar-refractivity contribution in [2.24, 2.45) is 0 Å². The number of aromatic amines is 1. The topological polar surface area (TPSA) is 91.9 Å². The summed E-state index contributed by atoms with van der Waals surface area (Å²) in [6, 6.07) is 8.27. The second-order valence-corrected chi connectivity index (χ2v) is 8.35. The lowest BCUT2D eigenvalue weighted by molar-refractivity contribution is 0.583. The molecule has 0 saturated carbocycles. The van der Waals surface area contributed by atoms with Gasteiger partial charge in [-0.25, -0.2) is 22.6 Å². The van der Waals surface area contributed by atoms with E-state index in [1.54, 1.807) is 5.38 Å². The summed E-state index contributed by atoms with van der Waals surface area (Å²) in [6.07, 6.45) is 0. The summed E-state index contributed by atoms with van der Waals surface area (Å²) < 4.78 is 40.4. The molecule has 10 heteroatoms. The van der Waals surface area contributed by atoms with Gasteiger partial charge in [0, 0.05) is 23.6 Å². The largest absolute Gasteiger partial charge is 0.268 e. The van der Waals surface area contributed by atoms with Gasteiger partial charge in [0.25, 0.3) is 5.56 Å². The zero-order valence-electron chi connectivity index (χ0n) is 12.5. The first kappa shape index (κ1) is 17.7. The molecule has 0 aliphatic carbocycles. The van der Waals surface area contributed by atoms with Gasteiger partial charge in [-0.3, -0.25) is 4.79 Å². The monoisotopic (exact) mass is 399 g/mol. The van der Waals surface area contributed by atoms with Crippen LogP contribution in [0.1, 0.15) is 5.56 Å². The number of sulfonamides is 1. The van der Waals surface area contributed by atoms with E-state index in [9.17, 15) is 17.6 Å². The Balaban J connectivity index is 1.77. The minimum absolute atomic E-state index is 0.0214. The molecular weight excluding hydrogens is 389 g/mol. The Bertz CT molecular complexity index is 1060. The second-order valence-electron chi connectivity index (χ2n) is 5.03. The zero-order valence-corrected chi connectivity index (χ0v) is 14.9. The minimum atomic E-state index is -3.74. The fourth-order valence-electron chi connectivity index (χ4n) is 2.00. The highest BCUT2D eigenvalue weighted by Crippen LogP contribution is 2.26. The van der Waals surface area contributed by atoms with Crippen LogP contribution in [0.15, 0.2) is 50.8 Å². The number of aromatic nitrogens is 2. The Morgan fingerprint density at radius 1 is 1.24 bits per heavy atom. The van der Waals surface area contributed by atoms with E-state index in [0.29, 0.717) is 16.8 Å². The van der Waals surface area contributed by atoms with Crippen molar-refractivity contribution in [3.8, 4) is 11.3 Å². The Kier molecular flexibility index (Phi) is 5.00. The third kappa shape index (κ3) is 4.13. The van der Waals surface area contributed by atoms with Gasteiger partial charge in [0.2, 0.25) is 10.0 Å². The first-order valence-corrected chi connectivity index (χ1v) is 9.67. The van der Waals surface area contributed by atoms with Crippen molar-refractivity contribution >= 4 is 33.0 Å². The summed E-state index contributed by atoms with van der Waals surface area (Å²) in [6.45, 7) is -0.0214. The van der Waals surface area contributed by atoms with E-state index in [1.807, 2.05) is 0 Å². The molecule has 0 atom stereocenters. The van der Waals surface area contributed by atoms with Gasteiger partial charge >= 0.3 is 0 Å². The van der Waals surface area contributed by atoms with Gasteiger partial charge in [0.1, 0.15) is 10.0 Å². The molecule has 3 aromatic rings. The van der Waals surface area contributed by atoms with Crippen LogP contribution in [-0.2, 0) is 16.6 Å². The number of nitrogens with zero attached hydrogens (tertiary/aromatic N) is 1. The summed E-state index contributed by atoms with van der Waals surface area (Å²) in [5, 5.41) is 7.71. The number of hydrogen-bond donors (Lipinski definition) is 2. The lowest BCUT2D eigenvalue weighted by Crippen LogP contribution is -2.22. The maximum absolute atomic E-state index is 13.1. The number of benzene rings is 1. The zero-order chi connectivity index (χ0) is 18.0. The molecule has 2 heterocycles. The highest BCUT2D eigenvalue weighted by atomic mass is 35.5. The highest BCUT2D eigenvalue weighted by Gasteiger charge is 2.17. The first-order chi connectivity index (χ1) is 11.8. The fourth-order valence-corrected chi connectivity index (χ4v) is 4.44. The Morgan fingerprint density at radius 2 is 2.04 bits per heavy atom. The number of H-pyrrole nitrogens is 1. The molecule has 1 aromatic carbocycles. The summed E-state index contributed by atoms with van der Waals surface area (Å²) in [4.78, 5) is 11.0. The molecule has 0 spiro atoms. The van der Waals surface area contributed by atoms with Gasteiger partial charge < -0.3 is 0 Å². The van der Waals surface area contributed by atoms with Crippen molar-refractivity contribution in [3.05, 3.63) is 68.5 Å². The molecule has 6 nitrogen and oxygen atoms in total. The summed E-state index contributed by atoms with van der Waals surface area (Å²) >= 11 is 6.71. The van der Waals surface area contributed by atoms with Crippen molar-refractivity contribution in [1.82, 2.24) is 14.9 Å². The average molecular weight is 400 g/mol. The third-order valence-electron chi connectivity index (χ3n) is 3.27. The summed E-state index contributed by atoms with van der Waals surface area (Å²) in [5.74, 6) is -0.565. The van der Waals surface area contributed by atoms with Crippen LogP contribution in [0, 0.1) is 5.82 Å². The Morgan fingerprint density at radius 3 is 2.72 bits per heavy atom. The molecule has 0 saturated heterocycles. The van der Waals surface area contributed by atoms with Crippen molar-refractivity contribution in [2.75, 3.05) is 0 Å². The van der Waals surface area contributed by atoms with Gasteiger partial charge in [0.05, 0.1) is 10.7 Å². The molecule has 2 aromatic heterocycles. The van der Waals surface area contributed by atoms with Crippen molar-refractivity contribution in [2.45, 2.75) is 10.8 Å². The molecular formula is C15H11ClFN3O3S2. The van der Waals surface area contributed by atoms with Crippen LogP contribution in [0.5, 0.6) is 0 Å². The third-order valence-corrected chi connectivity index (χ3v) is 6.40. The quantitative estimate of drug-likeness (QED) is 0.690. The maximum atomic E-state index is 13.1. The second kappa shape index (κ2) is 7.04. The Labute approximate surface area is 151 Å². The molecule has 0 fully saturated rings. The first-order valence-electron chi connectivity index (χ1n) is 6.93. The van der Waals surface area contributed by atoms with Crippen LogP contribution in [-0.4, -0.2) is 18.6 Å². The average Bonchev–Trinajstić information content (AvgIpc) is 3.08. The number of rotatable bonds is 5. The van der Waals surface area contributed by atoms with Crippen LogP contribution in [0.4, 0.5) is 4.39 Å². The number of nitrogens with one attached hydrogen (secondary N) is 2. The normalized spacial score (nSPS) is 11.6. The smallest absolute Gasteiger partial charge is 0.264 e. The van der Waals surface area contributed by atoms with Crippen LogP contribution in [0.3, 0.4) is 0 Å². The highest BCUT2D eigenvalue weighted by molar-refractivity contribution is 7.91. The SMILES string of the molecule is O=c1ccc(-c2csc(S(=O)(=O)NCc3ccc(F)c(Cl)c3)c2)n[nH]1. The summed E-state index contributed by atoms with van der Waals surface area (Å²) in [5.41, 5.74) is 1.23. The number of halogens is 2. The molecule has 0 radical (unpaired) electrons. The number of thiophene rings is 1. The van der Waals surface area contributed by atoms with Gasteiger partial charge in [-0.1, -0.05) is 17.7 Å². The van der Waals surface area contributed by atoms with Gasteiger partial charge in [0.15, 0.2) is 0 Å². The van der Waals surface area contributed by atoms with Crippen LogP contribution >= 0.6 is 22.9 Å². The molecule has 0 bridgehead atoms. The molecule has 0 aliphatic rings. The van der Waals surface area contributed by atoms with E-state index in [-0.39, 0.29) is 21.3 Å². The van der Waals surface area contributed by atoms with E-state index in [1.165, 1.54) is 36.4 Å². The number of hydrogen-bond acceptors (Lipinski definition) is 5. The molecule has 2 N–H and O–H groups in total. The standard InChI is InChI=1S/C15H11ClFN3O3S2/c16-11-5-9(1-2-12(11)17)7-18-25(22,23)15-6-10(8-24-15)13-3-4-14(21)20-19-13/h1-6,8,18H,7H2,(H,20,21). The van der Waals surface area contributed by atoms with E-state index in [2.05, 4.69) is 14.9 Å². The minimum Gasteiger partial charge on any atom is -0.268 e. The van der Waals surface area contributed by atoms with Gasteiger partial charge in [-0.05, 0) is 29.8 Å². The maximum Gasteiger partial charge on any atom is 0.264 e. The molecule has 0 unspecified atom stereocenters. The molecule has 3 rings (SSSR count). The van der Waals surface area contributed by atoms with Gasteiger partial charge in [-0.15, -0.1) is 11.3 Å². The lowest BCUT2D eigenvalue weighted by atomic mass is 10.2. The predicted octanol–water partition coefficient (Wildman–Crippen LogP) is 2.77. The fraction of sp³-hybridized carbons (Fsp3) is 0.0667. The van der Waals surface area contributed by atoms with Crippen LogP contribution in [0.25, 0.3) is 11.3 Å². The van der Waals surface area contributed by atoms with E-state index >= 15 is 0 Å². The summed E-state index contributed by atoms with van der Waals surface area (Å²) in [7, 11) is -3.74. The van der Waals surface area contributed by atoms with Crippen molar-refractivity contribution < 1.29 is 12.8 Å². The van der Waals surface area contributed by atoms with E-state index < -0.39 is 15.8 Å². The lowest BCUT2D eigenvalue weighted by Gasteiger charge is -2.05. The molecule has 130 valence electrons. The van der Waals surface area contributed by atoms with Crippen molar-refractivity contribution in [1.29, 1.82) is 0 Å². The van der Waals surface area contributed by atoms with Crippen LogP contribution in [0.2, 0.25) is 5.02 Å². The van der Waals surface area contributed by atoms with Gasteiger partial charge in [-0.2, -0.15) is 5.10 Å². The van der Waals surface area contributed by atoms with E-state index in [4.69, 9.17) is 11.6 Å².